The van der Waals surface area contributed by atoms with Gasteiger partial charge in [-0.05, 0) is 42.0 Å². The number of fused-ring (bicyclic) bond motifs is 1. The first-order chi connectivity index (χ1) is 12.2. The maximum absolute atomic E-state index is 13.2. The molecule has 1 aliphatic rings. The fraction of sp³-hybridized carbons (Fsp3) is 0.158. The molecule has 0 spiro atoms. The third kappa shape index (κ3) is 2.76. The molecule has 0 saturated heterocycles. The summed E-state index contributed by atoms with van der Waals surface area (Å²) in [5, 5.41) is 7.28. The largest absolute Gasteiger partial charge is 0.497 e. The highest BCUT2D eigenvalue weighted by Crippen LogP contribution is 2.38. The number of ether oxygens (including phenoxy) is 1. The van der Waals surface area contributed by atoms with Crippen molar-refractivity contribution in [3.05, 3.63) is 71.7 Å². The van der Waals surface area contributed by atoms with Crippen LogP contribution in [-0.4, -0.2) is 22.8 Å². The van der Waals surface area contributed by atoms with Gasteiger partial charge < -0.3 is 10.1 Å². The smallest absolute Gasteiger partial charge is 0.226 e. The summed E-state index contributed by atoms with van der Waals surface area (Å²) in [5.74, 6) is 0.931. The van der Waals surface area contributed by atoms with E-state index in [1.54, 1.807) is 30.1 Å². The number of halogens is 1. The molecular formula is C19H16FN3O2. The molecule has 25 heavy (non-hydrogen) atoms. The van der Waals surface area contributed by atoms with Crippen LogP contribution >= 0.6 is 0 Å². The maximum Gasteiger partial charge on any atom is 0.226 e. The summed E-state index contributed by atoms with van der Waals surface area (Å²) in [6.45, 7) is 0. The fourth-order valence-electron chi connectivity index (χ4n) is 3.13. The Bertz CT molecular complexity index is 917. The second-order valence-corrected chi connectivity index (χ2v) is 5.91. The van der Waals surface area contributed by atoms with Crippen LogP contribution in [0.2, 0.25) is 0 Å². The van der Waals surface area contributed by atoms with Crippen molar-refractivity contribution in [1.82, 2.24) is 9.78 Å². The average Bonchev–Trinajstić information content (AvgIpc) is 3.05. The topological polar surface area (TPSA) is 56.1 Å². The predicted molar refractivity (Wildman–Crippen MR) is 91.6 cm³/mol. The van der Waals surface area contributed by atoms with Crippen molar-refractivity contribution >= 4 is 11.7 Å². The highest BCUT2D eigenvalue weighted by atomic mass is 19.1. The average molecular weight is 337 g/mol. The Morgan fingerprint density at radius 2 is 1.88 bits per heavy atom. The van der Waals surface area contributed by atoms with E-state index in [2.05, 4.69) is 10.4 Å². The molecule has 0 fully saturated rings. The minimum atomic E-state index is -0.315. The summed E-state index contributed by atoms with van der Waals surface area (Å²) in [7, 11) is 1.62. The van der Waals surface area contributed by atoms with E-state index in [4.69, 9.17) is 4.74 Å². The first-order valence-corrected chi connectivity index (χ1v) is 7.93. The van der Waals surface area contributed by atoms with Gasteiger partial charge in [-0.25, -0.2) is 9.07 Å². The molecule has 1 amide bonds. The molecule has 4 rings (SSSR count). The molecular weight excluding hydrogens is 321 g/mol. The quantitative estimate of drug-likeness (QED) is 0.796. The molecule has 0 aliphatic carbocycles. The molecule has 1 aliphatic heterocycles. The van der Waals surface area contributed by atoms with E-state index in [0.717, 1.165) is 16.9 Å². The number of rotatable bonds is 3. The van der Waals surface area contributed by atoms with Crippen molar-refractivity contribution in [2.45, 2.75) is 12.3 Å². The van der Waals surface area contributed by atoms with Crippen LogP contribution in [-0.2, 0) is 4.79 Å². The van der Waals surface area contributed by atoms with Crippen LogP contribution < -0.4 is 10.1 Å². The van der Waals surface area contributed by atoms with E-state index in [1.165, 1.54) is 12.1 Å². The maximum atomic E-state index is 13.2. The van der Waals surface area contributed by atoms with Crippen molar-refractivity contribution in [3.63, 3.8) is 0 Å². The minimum absolute atomic E-state index is 0.0721. The van der Waals surface area contributed by atoms with Crippen LogP contribution in [0.3, 0.4) is 0 Å². The number of hydrogen-bond donors (Lipinski definition) is 1. The van der Waals surface area contributed by atoms with Gasteiger partial charge in [-0.2, -0.15) is 5.10 Å². The van der Waals surface area contributed by atoms with Crippen molar-refractivity contribution in [1.29, 1.82) is 0 Å². The Kier molecular flexibility index (Phi) is 3.72. The summed E-state index contributed by atoms with van der Waals surface area (Å²) in [4.78, 5) is 12.2. The number of hydrogen-bond acceptors (Lipinski definition) is 3. The molecule has 0 radical (unpaired) electrons. The lowest BCUT2D eigenvalue weighted by Gasteiger charge is -2.24. The molecule has 3 aromatic rings. The normalized spacial score (nSPS) is 16.2. The van der Waals surface area contributed by atoms with Gasteiger partial charge in [0.2, 0.25) is 5.91 Å². The van der Waals surface area contributed by atoms with Gasteiger partial charge >= 0.3 is 0 Å². The van der Waals surface area contributed by atoms with E-state index in [9.17, 15) is 9.18 Å². The summed E-state index contributed by atoms with van der Waals surface area (Å²) in [6, 6.07) is 13.7. The first kappa shape index (κ1) is 15.4. The fourth-order valence-corrected chi connectivity index (χ4v) is 3.13. The zero-order valence-corrected chi connectivity index (χ0v) is 13.6. The number of carbonyl (C=O) groups is 1. The highest BCUT2D eigenvalue weighted by Gasteiger charge is 2.30. The van der Waals surface area contributed by atoms with Gasteiger partial charge in [0.05, 0.1) is 19.0 Å². The Morgan fingerprint density at radius 1 is 1.16 bits per heavy atom. The standard InChI is InChI=1S/C19H16FN3O2/c1-25-15-8-2-12(3-9-15)16-10-18(24)22-19-17(16)11-21-23(19)14-6-4-13(20)5-7-14/h2-9,11,16H,10H2,1H3,(H,22,24)/t16-/m1/s1. The third-order valence-corrected chi connectivity index (χ3v) is 4.41. The van der Waals surface area contributed by atoms with Gasteiger partial charge in [0.1, 0.15) is 17.4 Å². The summed E-state index contributed by atoms with van der Waals surface area (Å²) >= 11 is 0. The molecule has 2 heterocycles. The van der Waals surface area contributed by atoms with E-state index in [-0.39, 0.29) is 17.6 Å². The van der Waals surface area contributed by atoms with Crippen LogP contribution in [0.5, 0.6) is 5.75 Å². The van der Waals surface area contributed by atoms with Crippen molar-refractivity contribution in [3.8, 4) is 11.4 Å². The zero-order valence-electron chi connectivity index (χ0n) is 13.6. The molecule has 0 unspecified atom stereocenters. The van der Waals surface area contributed by atoms with E-state index >= 15 is 0 Å². The zero-order chi connectivity index (χ0) is 17.4. The van der Waals surface area contributed by atoms with Gasteiger partial charge in [-0.15, -0.1) is 0 Å². The highest BCUT2D eigenvalue weighted by molar-refractivity contribution is 5.94. The number of anilines is 1. The van der Waals surface area contributed by atoms with E-state index < -0.39 is 0 Å². The Morgan fingerprint density at radius 3 is 2.56 bits per heavy atom. The minimum Gasteiger partial charge on any atom is -0.497 e. The molecule has 1 N–H and O–H groups in total. The third-order valence-electron chi connectivity index (χ3n) is 4.41. The molecule has 2 aromatic carbocycles. The number of benzene rings is 2. The van der Waals surface area contributed by atoms with Crippen LogP contribution in [0.4, 0.5) is 10.2 Å². The number of nitrogens with zero attached hydrogens (tertiary/aromatic N) is 2. The number of nitrogens with one attached hydrogen (secondary N) is 1. The van der Waals surface area contributed by atoms with Crippen LogP contribution in [0.1, 0.15) is 23.5 Å². The van der Waals surface area contributed by atoms with Crippen molar-refractivity contribution < 1.29 is 13.9 Å². The Balaban J connectivity index is 1.76. The lowest BCUT2D eigenvalue weighted by Crippen LogP contribution is -2.24. The van der Waals surface area contributed by atoms with Crippen molar-refractivity contribution in [2.75, 3.05) is 12.4 Å². The van der Waals surface area contributed by atoms with Crippen LogP contribution in [0, 0.1) is 5.82 Å². The lowest BCUT2D eigenvalue weighted by atomic mass is 9.87. The van der Waals surface area contributed by atoms with Crippen LogP contribution in [0.25, 0.3) is 5.69 Å². The first-order valence-electron chi connectivity index (χ1n) is 7.93. The van der Waals surface area contributed by atoms with Crippen molar-refractivity contribution in [2.24, 2.45) is 0 Å². The number of carbonyl (C=O) groups excluding carboxylic acids is 1. The monoisotopic (exact) mass is 337 g/mol. The van der Waals surface area contributed by atoms with E-state index in [1.807, 2.05) is 24.3 Å². The second kappa shape index (κ2) is 6.05. The molecule has 6 heteroatoms. The molecule has 0 bridgehead atoms. The SMILES string of the molecule is COc1ccc([C@H]2CC(=O)Nc3c2cnn3-c2ccc(F)cc2)cc1. The summed E-state index contributed by atoms with van der Waals surface area (Å²) in [5.41, 5.74) is 2.66. The number of aromatic nitrogens is 2. The van der Waals surface area contributed by atoms with Gasteiger partial charge in [0.15, 0.2) is 0 Å². The van der Waals surface area contributed by atoms with Gasteiger partial charge in [0, 0.05) is 17.9 Å². The van der Waals surface area contributed by atoms with Gasteiger partial charge in [0.25, 0.3) is 0 Å². The predicted octanol–water partition coefficient (Wildman–Crippen LogP) is 3.49. The number of amides is 1. The van der Waals surface area contributed by atoms with Gasteiger partial charge in [-0.1, -0.05) is 12.1 Å². The molecule has 1 atom stereocenters. The molecule has 126 valence electrons. The molecule has 5 nitrogen and oxygen atoms in total. The molecule has 1 aromatic heterocycles. The van der Waals surface area contributed by atoms with Crippen LogP contribution in [0.15, 0.2) is 54.7 Å². The van der Waals surface area contributed by atoms with E-state index in [0.29, 0.717) is 17.9 Å². The van der Waals surface area contributed by atoms with Gasteiger partial charge in [-0.3, -0.25) is 4.79 Å². The molecule has 0 saturated carbocycles. The summed E-state index contributed by atoms with van der Waals surface area (Å²) < 4.78 is 20.0. The second-order valence-electron chi connectivity index (χ2n) is 5.91. The lowest BCUT2D eigenvalue weighted by molar-refractivity contribution is -0.116. The Hall–Kier alpha value is -3.15. The number of methoxy groups -OCH3 is 1. The Labute approximate surface area is 144 Å². The summed E-state index contributed by atoms with van der Waals surface area (Å²) in [6.07, 6.45) is 2.11.